The average molecular weight is 253 g/mol. The molecule has 1 fully saturated rings. The first-order valence-corrected chi connectivity index (χ1v) is 6.01. The van der Waals surface area contributed by atoms with Gasteiger partial charge in [0.15, 0.2) is 11.6 Å². The molecule has 0 aliphatic carbocycles. The molecule has 2 atom stereocenters. The van der Waals surface area contributed by atoms with E-state index in [0.717, 1.165) is 12.5 Å². The van der Waals surface area contributed by atoms with Crippen LogP contribution in [0, 0.1) is 17.6 Å². The number of halogens is 2. The second kappa shape index (κ2) is 3.93. The van der Waals surface area contributed by atoms with Crippen LogP contribution in [0.15, 0.2) is 12.1 Å². The summed E-state index contributed by atoms with van der Waals surface area (Å²) in [6, 6.07) is 2.21. The predicted molar refractivity (Wildman–Crippen MR) is 60.5 cm³/mol. The lowest BCUT2D eigenvalue weighted by Gasteiger charge is -2.23. The van der Waals surface area contributed by atoms with Crippen LogP contribution in [-0.4, -0.2) is 30.0 Å². The van der Waals surface area contributed by atoms with Gasteiger partial charge >= 0.3 is 0 Å². The Bertz CT molecular complexity index is 518. The fraction of sp³-hybridized carbons (Fsp3) is 0.462. The first-order chi connectivity index (χ1) is 8.59. The SMILES string of the molecule is C[C@H]1CCN2C(=O)c3ccc(F)c(F)c3OCC12. The lowest BCUT2D eigenvalue weighted by atomic mass is 10.0. The van der Waals surface area contributed by atoms with Gasteiger partial charge in [0.1, 0.15) is 6.61 Å². The number of amides is 1. The smallest absolute Gasteiger partial charge is 0.258 e. The average Bonchev–Trinajstić information content (AvgIpc) is 2.64. The number of nitrogens with zero attached hydrogens (tertiary/aromatic N) is 1. The van der Waals surface area contributed by atoms with Crippen molar-refractivity contribution in [1.29, 1.82) is 0 Å². The number of carbonyl (C=O) groups excluding carboxylic acids is 1. The number of fused-ring (bicyclic) bond motifs is 2. The first-order valence-electron chi connectivity index (χ1n) is 6.01. The highest BCUT2D eigenvalue weighted by atomic mass is 19.2. The van der Waals surface area contributed by atoms with Gasteiger partial charge in [-0.3, -0.25) is 4.79 Å². The van der Waals surface area contributed by atoms with E-state index in [1.165, 1.54) is 6.07 Å². The molecule has 2 heterocycles. The maximum Gasteiger partial charge on any atom is 0.258 e. The normalized spacial score (nSPS) is 26.4. The van der Waals surface area contributed by atoms with Crippen molar-refractivity contribution in [3.8, 4) is 5.75 Å². The van der Waals surface area contributed by atoms with Gasteiger partial charge in [0.25, 0.3) is 5.91 Å². The van der Waals surface area contributed by atoms with E-state index in [-0.39, 0.29) is 29.9 Å². The molecule has 0 radical (unpaired) electrons. The van der Waals surface area contributed by atoms with Crippen molar-refractivity contribution in [2.75, 3.05) is 13.2 Å². The summed E-state index contributed by atoms with van der Waals surface area (Å²) in [7, 11) is 0. The van der Waals surface area contributed by atoms with Gasteiger partial charge in [-0.25, -0.2) is 4.39 Å². The highest BCUT2D eigenvalue weighted by Crippen LogP contribution is 2.34. The second-order valence-corrected chi connectivity index (χ2v) is 4.88. The topological polar surface area (TPSA) is 29.5 Å². The summed E-state index contributed by atoms with van der Waals surface area (Å²) >= 11 is 0. The van der Waals surface area contributed by atoms with E-state index in [9.17, 15) is 13.6 Å². The van der Waals surface area contributed by atoms with Crippen LogP contribution < -0.4 is 4.74 Å². The first kappa shape index (κ1) is 11.4. The van der Waals surface area contributed by atoms with Crippen LogP contribution in [0.1, 0.15) is 23.7 Å². The Kier molecular flexibility index (Phi) is 2.50. The Morgan fingerprint density at radius 2 is 2.17 bits per heavy atom. The van der Waals surface area contributed by atoms with Crippen LogP contribution in [-0.2, 0) is 0 Å². The quantitative estimate of drug-likeness (QED) is 0.709. The van der Waals surface area contributed by atoms with Crippen LogP contribution >= 0.6 is 0 Å². The molecular formula is C13H13F2NO2. The molecule has 96 valence electrons. The molecule has 2 aliphatic rings. The zero-order chi connectivity index (χ0) is 12.9. The van der Waals surface area contributed by atoms with Crippen molar-refractivity contribution >= 4 is 5.91 Å². The summed E-state index contributed by atoms with van der Waals surface area (Å²) < 4.78 is 32.1. The monoisotopic (exact) mass is 253 g/mol. The summed E-state index contributed by atoms with van der Waals surface area (Å²) in [4.78, 5) is 14.0. The Balaban J connectivity index is 2.08. The standard InChI is InChI=1S/C13H13F2NO2/c1-7-4-5-16-10(7)6-18-12-8(13(16)17)2-3-9(14)11(12)15/h2-3,7,10H,4-6H2,1H3/t7-,10?/m0/s1. The molecule has 18 heavy (non-hydrogen) atoms. The molecule has 3 nitrogen and oxygen atoms in total. The van der Waals surface area contributed by atoms with Crippen LogP contribution in [0.3, 0.4) is 0 Å². The third kappa shape index (κ3) is 1.50. The number of benzene rings is 1. The van der Waals surface area contributed by atoms with Crippen molar-refractivity contribution in [3.05, 3.63) is 29.3 Å². The van der Waals surface area contributed by atoms with E-state index in [0.29, 0.717) is 12.5 Å². The largest absolute Gasteiger partial charge is 0.487 e. The van der Waals surface area contributed by atoms with E-state index in [1.807, 2.05) is 6.92 Å². The number of carbonyl (C=O) groups is 1. The fourth-order valence-electron chi connectivity index (χ4n) is 2.68. The van der Waals surface area contributed by atoms with Gasteiger partial charge in [-0.05, 0) is 24.5 Å². The molecule has 2 aliphatic heterocycles. The van der Waals surface area contributed by atoms with E-state index < -0.39 is 11.6 Å². The summed E-state index contributed by atoms with van der Waals surface area (Å²) in [6.07, 6.45) is 0.915. The number of hydrogen-bond acceptors (Lipinski definition) is 2. The molecule has 1 amide bonds. The Labute approximate surface area is 103 Å². The lowest BCUT2D eigenvalue weighted by molar-refractivity contribution is 0.0705. The van der Waals surface area contributed by atoms with Gasteiger partial charge in [0.2, 0.25) is 5.82 Å². The van der Waals surface area contributed by atoms with E-state index >= 15 is 0 Å². The van der Waals surface area contributed by atoms with Crippen LogP contribution in [0.5, 0.6) is 5.75 Å². The van der Waals surface area contributed by atoms with Gasteiger partial charge in [0.05, 0.1) is 11.6 Å². The molecule has 3 rings (SSSR count). The Morgan fingerprint density at radius 1 is 1.39 bits per heavy atom. The third-order valence-corrected chi connectivity index (χ3v) is 3.82. The second-order valence-electron chi connectivity index (χ2n) is 4.88. The predicted octanol–water partition coefficient (Wildman–Crippen LogP) is 2.21. The molecule has 0 bridgehead atoms. The maximum absolute atomic E-state index is 13.6. The highest BCUT2D eigenvalue weighted by Gasteiger charge is 2.39. The van der Waals surface area contributed by atoms with Crippen molar-refractivity contribution in [3.63, 3.8) is 0 Å². The Hall–Kier alpha value is -1.65. The zero-order valence-electron chi connectivity index (χ0n) is 9.95. The van der Waals surface area contributed by atoms with Crippen molar-refractivity contribution in [1.82, 2.24) is 4.90 Å². The van der Waals surface area contributed by atoms with Gasteiger partial charge in [-0.1, -0.05) is 6.92 Å². The molecule has 0 saturated carbocycles. The minimum atomic E-state index is -1.07. The molecular weight excluding hydrogens is 240 g/mol. The molecule has 5 heteroatoms. The molecule has 1 unspecified atom stereocenters. The summed E-state index contributed by atoms with van der Waals surface area (Å²) in [5, 5.41) is 0. The van der Waals surface area contributed by atoms with Crippen LogP contribution in [0.2, 0.25) is 0 Å². The number of rotatable bonds is 0. The minimum absolute atomic E-state index is 0.0487. The van der Waals surface area contributed by atoms with Crippen molar-refractivity contribution < 1.29 is 18.3 Å². The molecule has 0 aromatic heterocycles. The van der Waals surface area contributed by atoms with Gasteiger partial charge < -0.3 is 9.64 Å². The molecule has 1 aromatic rings. The van der Waals surface area contributed by atoms with Gasteiger partial charge in [-0.15, -0.1) is 0 Å². The summed E-state index contributed by atoms with van der Waals surface area (Å²) in [6.45, 7) is 2.90. The summed E-state index contributed by atoms with van der Waals surface area (Å²) in [5.41, 5.74) is 0.116. The van der Waals surface area contributed by atoms with Gasteiger partial charge in [-0.2, -0.15) is 4.39 Å². The lowest BCUT2D eigenvalue weighted by Crippen LogP contribution is -2.39. The van der Waals surface area contributed by atoms with Crippen molar-refractivity contribution in [2.24, 2.45) is 5.92 Å². The van der Waals surface area contributed by atoms with Gasteiger partial charge in [0, 0.05) is 6.54 Å². The highest BCUT2D eigenvalue weighted by molar-refractivity contribution is 5.97. The number of hydrogen-bond donors (Lipinski definition) is 0. The van der Waals surface area contributed by atoms with Crippen molar-refractivity contribution in [2.45, 2.75) is 19.4 Å². The number of ether oxygens (including phenoxy) is 1. The van der Waals surface area contributed by atoms with Crippen LogP contribution in [0.25, 0.3) is 0 Å². The van der Waals surface area contributed by atoms with E-state index in [1.54, 1.807) is 4.90 Å². The zero-order valence-corrected chi connectivity index (χ0v) is 9.95. The van der Waals surface area contributed by atoms with E-state index in [2.05, 4.69) is 0 Å². The maximum atomic E-state index is 13.6. The molecule has 0 N–H and O–H groups in total. The molecule has 1 saturated heterocycles. The molecule has 1 aromatic carbocycles. The Morgan fingerprint density at radius 3 is 2.94 bits per heavy atom. The summed E-state index contributed by atoms with van der Waals surface area (Å²) in [5.74, 6) is -2.26. The molecule has 0 spiro atoms. The third-order valence-electron chi connectivity index (χ3n) is 3.82. The van der Waals surface area contributed by atoms with E-state index in [4.69, 9.17) is 4.74 Å². The minimum Gasteiger partial charge on any atom is -0.487 e. The van der Waals surface area contributed by atoms with Crippen LogP contribution in [0.4, 0.5) is 8.78 Å². The fourth-order valence-corrected chi connectivity index (χ4v) is 2.68.